The molecule has 0 saturated carbocycles. The first kappa shape index (κ1) is 14.3. The van der Waals surface area contributed by atoms with E-state index in [4.69, 9.17) is 17.0 Å². The van der Waals surface area contributed by atoms with Crippen molar-refractivity contribution in [3.05, 3.63) is 60.2 Å². The largest absolute Gasteiger partial charge is 0.497 e. The van der Waals surface area contributed by atoms with Crippen LogP contribution in [0.5, 0.6) is 5.75 Å². The van der Waals surface area contributed by atoms with E-state index in [1.165, 1.54) is 0 Å². The molecule has 0 aliphatic heterocycles. The molecule has 0 aliphatic carbocycles. The van der Waals surface area contributed by atoms with Crippen molar-refractivity contribution in [3.8, 4) is 5.75 Å². The van der Waals surface area contributed by atoms with E-state index in [0.29, 0.717) is 5.11 Å². The van der Waals surface area contributed by atoms with Crippen LogP contribution in [0.2, 0.25) is 0 Å². The van der Waals surface area contributed by atoms with Gasteiger partial charge in [0, 0.05) is 5.69 Å². The summed E-state index contributed by atoms with van der Waals surface area (Å²) in [4.78, 5) is 0. The molecule has 1 atom stereocenters. The third-order valence-electron chi connectivity index (χ3n) is 3.00. The van der Waals surface area contributed by atoms with Crippen LogP contribution >= 0.6 is 12.2 Å². The lowest BCUT2D eigenvalue weighted by atomic mass is 10.1. The summed E-state index contributed by atoms with van der Waals surface area (Å²) in [6.45, 7) is 2.07. The normalized spacial score (nSPS) is 11.5. The second-order valence-corrected chi connectivity index (χ2v) is 4.87. The van der Waals surface area contributed by atoms with Crippen LogP contribution in [-0.2, 0) is 0 Å². The number of hydrogen-bond donors (Lipinski definition) is 2. The minimum absolute atomic E-state index is 0.129. The third kappa shape index (κ3) is 3.96. The van der Waals surface area contributed by atoms with Crippen LogP contribution in [0.3, 0.4) is 0 Å². The van der Waals surface area contributed by atoms with Gasteiger partial charge in [0.15, 0.2) is 5.11 Å². The molecule has 0 unspecified atom stereocenters. The molecule has 0 aromatic heterocycles. The predicted octanol–water partition coefficient (Wildman–Crippen LogP) is 3.74. The maximum Gasteiger partial charge on any atom is 0.171 e. The summed E-state index contributed by atoms with van der Waals surface area (Å²) in [6.07, 6.45) is 0. The van der Waals surface area contributed by atoms with E-state index >= 15 is 0 Å². The number of nitrogens with one attached hydrogen (secondary N) is 2. The maximum atomic E-state index is 5.31. The average Bonchev–Trinajstić information content (AvgIpc) is 2.48. The fourth-order valence-corrected chi connectivity index (χ4v) is 2.16. The topological polar surface area (TPSA) is 33.3 Å². The fraction of sp³-hybridized carbons (Fsp3) is 0.188. The number of ether oxygens (including phenoxy) is 1. The van der Waals surface area contributed by atoms with Crippen molar-refractivity contribution >= 4 is 23.0 Å². The quantitative estimate of drug-likeness (QED) is 0.839. The standard InChI is InChI=1S/C16H18N2OS/c1-12(13-8-10-15(19-2)11-9-13)17-16(20)18-14-6-4-3-5-7-14/h3-12H,1-2H3,(H2,17,18,20)/t12-/m0/s1. The van der Waals surface area contributed by atoms with E-state index < -0.39 is 0 Å². The van der Waals surface area contributed by atoms with Gasteiger partial charge in [0.05, 0.1) is 13.2 Å². The van der Waals surface area contributed by atoms with Crippen LogP contribution < -0.4 is 15.4 Å². The van der Waals surface area contributed by atoms with Crippen molar-refractivity contribution < 1.29 is 4.74 Å². The maximum absolute atomic E-state index is 5.31. The van der Waals surface area contributed by atoms with E-state index in [2.05, 4.69) is 17.6 Å². The first-order chi connectivity index (χ1) is 9.69. The van der Waals surface area contributed by atoms with Crippen LogP contribution in [-0.4, -0.2) is 12.2 Å². The number of methoxy groups -OCH3 is 1. The molecule has 104 valence electrons. The second kappa shape index (κ2) is 6.91. The van der Waals surface area contributed by atoms with Crippen LogP contribution in [0.15, 0.2) is 54.6 Å². The van der Waals surface area contributed by atoms with Gasteiger partial charge in [-0.3, -0.25) is 0 Å². The summed E-state index contributed by atoms with van der Waals surface area (Å²) >= 11 is 5.31. The highest BCUT2D eigenvalue weighted by atomic mass is 32.1. The summed E-state index contributed by atoms with van der Waals surface area (Å²) in [5, 5.41) is 7.03. The highest BCUT2D eigenvalue weighted by Crippen LogP contribution is 2.17. The zero-order valence-corrected chi connectivity index (χ0v) is 12.4. The monoisotopic (exact) mass is 286 g/mol. The highest BCUT2D eigenvalue weighted by molar-refractivity contribution is 7.80. The molecular formula is C16H18N2OS. The molecule has 2 N–H and O–H groups in total. The predicted molar refractivity (Wildman–Crippen MR) is 87.2 cm³/mol. The fourth-order valence-electron chi connectivity index (χ4n) is 1.86. The van der Waals surface area contributed by atoms with Gasteiger partial charge >= 0.3 is 0 Å². The molecule has 0 aliphatic rings. The smallest absolute Gasteiger partial charge is 0.171 e. The molecule has 0 saturated heterocycles. The Hall–Kier alpha value is -2.07. The zero-order chi connectivity index (χ0) is 14.4. The van der Waals surface area contributed by atoms with E-state index in [-0.39, 0.29) is 6.04 Å². The van der Waals surface area contributed by atoms with Crippen LogP contribution in [0, 0.1) is 0 Å². The van der Waals surface area contributed by atoms with Crippen molar-refractivity contribution in [2.24, 2.45) is 0 Å². The molecule has 0 amide bonds. The van der Waals surface area contributed by atoms with Crippen molar-refractivity contribution in [2.75, 3.05) is 12.4 Å². The summed E-state index contributed by atoms with van der Waals surface area (Å²) in [5.41, 5.74) is 2.13. The number of thiocarbonyl (C=S) groups is 1. The van der Waals surface area contributed by atoms with Crippen LogP contribution in [0.4, 0.5) is 5.69 Å². The van der Waals surface area contributed by atoms with Gasteiger partial charge in [0.2, 0.25) is 0 Å². The van der Waals surface area contributed by atoms with Gasteiger partial charge in [-0.05, 0) is 49.0 Å². The van der Waals surface area contributed by atoms with Crippen LogP contribution in [0.1, 0.15) is 18.5 Å². The Labute approximate surface area is 125 Å². The Kier molecular flexibility index (Phi) is 4.96. The Morgan fingerprint density at radius 3 is 2.30 bits per heavy atom. The molecular weight excluding hydrogens is 268 g/mol. The Balaban J connectivity index is 1.93. The molecule has 0 heterocycles. The van der Waals surface area contributed by atoms with Crippen molar-refractivity contribution in [1.82, 2.24) is 5.32 Å². The van der Waals surface area contributed by atoms with Gasteiger partial charge in [0.1, 0.15) is 5.75 Å². The Bertz CT molecular complexity index is 554. The summed E-state index contributed by atoms with van der Waals surface area (Å²) in [5.74, 6) is 0.853. The van der Waals surface area contributed by atoms with E-state index in [1.807, 2.05) is 54.6 Å². The van der Waals surface area contributed by atoms with Gasteiger partial charge in [-0.1, -0.05) is 30.3 Å². The molecule has 0 bridgehead atoms. The van der Waals surface area contributed by atoms with Gasteiger partial charge < -0.3 is 15.4 Å². The summed E-state index contributed by atoms with van der Waals surface area (Å²) in [7, 11) is 1.66. The second-order valence-electron chi connectivity index (χ2n) is 4.46. The molecule has 2 rings (SSSR count). The summed E-state index contributed by atoms with van der Waals surface area (Å²) < 4.78 is 5.15. The van der Waals surface area contributed by atoms with E-state index in [1.54, 1.807) is 7.11 Å². The molecule has 2 aromatic carbocycles. The lowest BCUT2D eigenvalue weighted by molar-refractivity contribution is 0.414. The number of anilines is 1. The van der Waals surface area contributed by atoms with Crippen molar-refractivity contribution in [2.45, 2.75) is 13.0 Å². The van der Waals surface area contributed by atoms with E-state index in [9.17, 15) is 0 Å². The zero-order valence-electron chi connectivity index (χ0n) is 11.6. The lowest BCUT2D eigenvalue weighted by Gasteiger charge is -2.17. The SMILES string of the molecule is COc1ccc([C@H](C)NC(=S)Nc2ccccc2)cc1. The first-order valence-corrected chi connectivity index (χ1v) is 6.86. The van der Waals surface area contributed by atoms with Crippen LogP contribution in [0.25, 0.3) is 0 Å². The van der Waals surface area contributed by atoms with Crippen molar-refractivity contribution in [1.29, 1.82) is 0 Å². The van der Waals surface area contributed by atoms with Gasteiger partial charge in [0.25, 0.3) is 0 Å². The van der Waals surface area contributed by atoms with Gasteiger partial charge in [-0.15, -0.1) is 0 Å². The lowest BCUT2D eigenvalue weighted by Crippen LogP contribution is -2.30. The molecule has 20 heavy (non-hydrogen) atoms. The number of para-hydroxylation sites is 1. The Morgan fingerprint density at radius 1 is 1.05 bits per heavy atom. The summed E-state index contributed by atoms with van der Waals surface area (Å²) in [6, 6.07) is 17.9. The molecule has 4 heteroatoms. The average molecular weight is 286 g/mol. The minimum Gasteiger partial charge on any atom is -0.497 e. The molecule has 0 fully saturated rings. The number of benzene rings is 2. The number of rotatable bonds is 4. The Morgan fingerprint density at radius 2 is 1.70 bits per heavy atom. The number of hydrogen-bond acceptors (Lipinski definition) is 2. The molecule has 3 nitrogen and oxygen atoms in total. The highest BCUT2D eigenvalue weighted by Gasteiger charge is 2.07. The first-order valence-electron chi connectivity index (χ1n) is 6.45. The third-order valence-corrected chi connectivity index (χ3v) is 3.21. The van der Waals surface area contributed by atoms with E-state index in [0.717, 1.165) is 17.0 Å². The molecule has 2 aromatic rings. The van der Waals surface area contributed by atoms with Crippen molar-refractivity contribution in [3.63, 3.8) is 0 Å². The molecule has 0 radical (unpaired) electrons. The minimum atomic E-state index is 0.129. The van der Waals surface area contributed by atoms with Gasteiger partial charge in [-0.2, -0.15) is 0 Å². The molecule has 0 spiro atoms. The van der Waals surface area contributed by atoms with Gasteiger partial charge in [-0.25, -0.2) is 0 Å².